The number of halogens is 1. The van der Waals surface area contributed by atoms with E-state index in [4.69, 9.17) is 5.73 Å². The first kappa shape index (κ1) is 9.34. The van der Waals surface area contributed by atoms with Gasteiger partial charge in [-0.1, -0.05) is 6.08 Å². The summed E-state index contributed by atoms with van der Waals surface area (Å²) in [6.07, 6.45) is 7.79. The van der Waals surface area contributed by atoms with Crippen LogP contribution in [-0.2, 0) is 0 Å². The largest absolute Gasteiger partial charge is 0.327 e. The second-order valence-corrected chi connectivity index (χ2v) is 3.66. The minimum atomic E-state index is -0.279. The standard InChI is InChI=1S/C11H13FN2/c12-10-5-9(6-14-7-10)8-1-3-11(13)4-2-8/h1,5-7,11H,2-4,13H2. The predicted molar refractivity (Wildman–Crippen MR) is 54.0 cm³/mol. The van der Waals surface area contributed by atoms with E-state index in [9.17, 15) is 4.39 Å². The smallest absolute Gasteiger partial charge is 0.142 e. The summed E-state index contributed by atoms with van der Waals surface area (Å²) in [5.74, 6) is -0.279. The second kappa shape index (κ2) is 3.88. The van der Waals surface area contributed by atoms with Crippen LogP contribution in [0.25, 0.3) is 5.57 Å². The molecule has 2 N–H and O–H groups in total. The van der Waals surface area contributed by atoms with Gasteiger partial charge in [-0.2, -0.15) is 0 Å². The van der Waals surface area contributed by atoms with Crippen molar-refractivity contribution in [3.05, 3.63) is 35.9 Å². The molecule has 1 aliphatic carbocycles. The van der Waals surface area contributed by atoms with Crippen LogP contribution in [0.15, 0.2) is 24.5 Å². The normalized spacial score (nSPS) is 21.9. The summed E-state index contributed by atoms with van der Waals surface area (Å²) >= 11 is 0. The summed E-state index contributed by atoms with van der Waals surface area (Å²) in [7, 11) is 0. The van der Waals surface area contributed by atoms with Crippen LogP contribution >= 0.6 is 0 Å². The van der Waals surface area contributed by atoms with Crippen molar-refractivity contribution >= 4 is 5.57 Å². The van der Waals surface area contributed by atoms with Gasteiger partial charge in [0.1, 0.15) is 5.82 Å². The third kappa shape index (κ3) is 1.99. The van der Waals surface area contributed by atoms with Crippen LogP contribution in [-0.4, -0.2) is 11.0 Å². The van der Waals surface area contributed by atoms with Crippen LogP contribution in [0, 0.1) is 5.82 Å². The van der Waals surface area contributed by atoms with Gasteiger partial charge in [0.05, 0.1) is 6.20 Å². The number of allylic oxidation sites excluding steroid dienone is 1. The highest BCUT2D eigenvalue weighted by Gasteiger charge is 2.12. The van der Waals surface area contributed by atoms with E-state index in [1.807, 2.05) is 0 Å². The highest BCUT2D eigenvalue weighted by atomic mass is 19.1. The minimum Gasteiger partial charge on any atom is -0.327 e. The zero-order chi connectivity index (χ0) is 9.97. The van der Waals surface area contributed by atoms with Gasteiger partial charge in [-0.3, -0.25) is 4.98 Å². The molecule has 14 heavy (non-hydrogen) atoms. The van der Waals surface area contributed by atoms with Crippen LogP contribution in [0.3, 0.4) is 0 Å². The topological polar surface area (TPSA) is 38.9 Å². The number of nitrogens with zero attached hydrogens (tertiary/aromatic N) is 1. The summed E-state index contributed by atoms with van der Waals surface area (Å²) in [6, 6.07) is 1.79. The van der Waals surface area contributed by atoms with Crippen molar-refractivity contribution in [2.75, 3.05) is 0 Å². The number of rotatable bonds is 1. The van der Waals surface area contributed by atoms with Gasteiger partial charge in [0.2, 0.25) is 0 Å². The van der Waals surface area contributed by atoms with Gasteiger partial charge in [0, 0.05) is 12.2 Å². The zero-order valence-corrected chi connectivity index (χ0v) is 7.91. The van der Waals surface area contributed by atoms with Crippen molar-refractivity contribution in [2.45, 2.75) is 25.3 Å². The Labute approximate surface area is 82.7 Å². The third-order valence-electron chi connectivity index (χ3n) is 2.53. The lowest BCUT2D eigenvalue weighted by molar-refractivity contribution is 0.610. The summed E-state index contributed by atoms with van der Waals surface area (Å²) in [4.78, 5) is 3.83. The van der Waals surface area contributed by atoms with E-state index < -0.39 is 0 Å². The molecule has 0 saturated heterocycles. The van der Waals surface area contributed by atoms with Crippen LogP contribution in [0.5, 0.6) is 0 Å². The molecule has 0 amide bonds. The molecule has 1 atom stereocenters. The minimum absolute atomic E-state index is 0.264. The van der Waals surface area contributed by atoms with Gasteiger partial charge in [0.25, 0.3) is 0 Å². The molecule has 0 saturated carbocycles. The molecule has 1 aliphatic rings. The molecule has 0 radical (unpaired) electrons. The molecule has 0 aromatic carbocycles. The second-order valence-electron chi connectivity index (χ2n) is 3.66. The van der Waals surface area contributed by atoms with Crippen LogP contribution in [0.2, 0.25) is 0 Å². The van der Waals surface area contributed by atoms with Crippen molar-refractivity contribution in [2.24, 2.45) is 5.73 Å². The zero-order valence-electron chi connectivity index (χ0n) is 7.91. The number of aromatic nitrogens is 1. The first-order valence-electron chi connectivity index (χ1n) is 4.81. The molecule has 1 aromatic heterocycles. The number of hydrogen-bond donors (Lipinski definition) is 1. The van der Waals surface area contributed by atoms with Crippen molar-refractivity contribution in [1.82, 2.24) is 4.98 Å². The quantitative estimate of drug-likeness (QED) is 0.740. The fourth-order valence-electron chi connectivity index (χ4n) is 1.70. The van der Waals surface area contributed by atoms with Gasteiger partial charge in [0.15, 0.2) is 0 Å². The Bertz CT molecular complexity index is 360. The lowest BCUT2D eigenvalue weighted by atomic mass is 9.92. The third-order valence-corrected chi connectivity index (χ3v) is 2.53. The van der Waals surface area contributed by atoms with E-state index in [0.29, 0.717) is 0 Å². The molecule has 0 aliphatic heterocycles. The van der Waals surface area contributed by atoms with E-state index in [0.717, 1.165) is 24.8 Å². The molecular formula is C11H13FN2. The molecule has 3 heteroatoms. The fraction of sp³-hybridized carbons (Fsp3) is 0.364. The van der Waals surface area contributed by atoms with Crippen LogP contribution in [0.1, 0.15) is 24.8 Å². The maximum absolute atomic E-state index is 12.9. The van der Waals surface area contributed by atoms with Crippen LogP contribution in [0.4, 0.5) is 4.39 Å². The highest BCUT2D eigenvalue weighted by molar-refractivity contribution is 5.65. The van der Waals surface area contributed by atoms with E-state index in [-0.39, 0.29) is 11.9 Å². The van der Waals surface area contributed by atoms with Gasteiger partial charge in [-0.15, -0.1) is 0 Å². The number of nitrogens with two attached hydrogens (primary N) is 1. The average Bonchev–Trinajstić information content (AvgIpc) is 2.19. The van der Waals surface area contributed by atoms with Crippen LogP contribution < -0.4 is 5.73 Å². The monoisotopic (exact) mass is 192 g/mol. The maximum atomic E-state index is 12.9. The number of hydrogen-bond acceptors (Lipinski definition) is 2. The Kier molecular flexibility index (Phi) is 2.59. The molecule has 1 heterocycles. The lowest BCUT2D eigenvalue weighted by Crippen LogP contribution is -2.21. The molecular weight excluding hydrogens is 179 g/mol. The molecule has 74 valence electrons. The first-order valence-corrected chi connectivity index (χ1v) is 4.81. The summed E-state index contributed by atoms with van der Waals surface area (Å²) in [5.41, 5.74) is 7.82. The molecule has 0 bridgehead atoms. The summed E-state index contributed by atoms with van der Waals surface area (Å²) in [6.45, 7) is 0. The van der Waals surface area contributed by atoms with Gasteiger partial charge in [-0.05, 0) is 36.5 Å². The van der Waals surface area contributed by atoms with Gasteiger partial charge in [-0.25, -0.2) is 4.39 Å². The predicted octanol–water partition coefficient (Wildman–Crippen LogP) is 2.12. The van der Waals surface area contributed by atoms with E-state index in [1.165, 1.54) is 17.8 Å². The Morgan fingerprint density at radius 3 is 2.93 bits per heavy atom. The molecule has 1 unspecified atom stereocenters. The Balaban J connectivity index is 2.23. The molecule has 2 nitrogen and oxygen atoms in total. The molecule has 0 spiro atoms. The summed E-state index contributed by atoms with van der Waals surface area (Å²) < 4.78 is 12.9. The van der Waals surface area contributed by atoms with E-state index >= 15 is 0 Å². The number of pyridine rings is 1. The maximum Gasteiger partial charge on any atom is 0.142 e. The lowest BCUT2D eigenvalue weighted by Gasteiger charge is -2.18. The summed E-state index contributed by atoms with van der Waals surface area (Å²) in [5, 5.41) is 0. The van der Waals surface area contributed by atoms with Crippen molar-refractivity contribution in [1.29, 1.82) is 0 Å². The van der Waals surface area contributed by atoms with E-state index in [1.54, 1.807) is 6.20 Å². The van der Waals surface area contributed by atoms with Gasteiger partial charge >= 0.3 is 0 Å². The Morgan fingerprint density at radius 1 is 1.43 bits per heavy atom. The Morgan fingerprint density at radius 2 is 2.29 bits per heavy atom. The molecule has 2 rings (SSSR count). The molecule has 1 aromatic rings. The molecule has 0 fully saturated rings. The Hall–Kier alpha value is -1.22. The van der Waals surface area contributed by atoms with Crippen molar-refractivity contribution in [3.63, 3.8) is 0 Å². The van der Waals surface area contributed by atoms with Crippen molar-refractivity contribution < 1.29 is 4.39 Å². The van der Waals surface area contributed by atoms with Crippen molar-refractivity contribution in [3.8, 4) is 0 Å². The first-order chi connectivity index (χ1) is 6.75. The van der Waals surface area contributed by atoms with E-state index in [2.05, 4.69) is 11.1 Å². The fourth-order valence-corrected chi connectivity index (χ4v) is 1.70. The average molecular weight is 192 g/mol. The van der Waals surface area contributed by atoms with Gasteiger partial charge < -0.3 is 5.73 Å². The highest BCUT2D eigenvalue weighted by Crippen LogP contribution is 2.25. The SMILES string of the molecule is NC1CC=C(c2cncc(F)c2)CC1.